The van der Waals surface area contributed by atoms with Crippen LogP contribution in [0.3, 0.4) is 0 Å². The van der Waals surface area contributed by atoms with Gasteiger partial charge in [0.25, 0.3) is 0 Å². The van der Waals surface area contributed by atoms with E-state index < -0.39 is 0 Å². The molecule has 0 saturated heterocycles. The number of phenolic OH excluding ortho intramolecular Hbond substituents is 1. The number of aromatic nitrogens is 2. The highest BCUT2D eigenvalue weighted by atomic mass is 16.5. The van der Waals surface area contributed by atoms with E-state index in [1.807, 2.05) is 6.07 Å². The lowest BCUT2D eigenvalue weighted by molar-refractivity contribution is 0.353. The molecule has 0 radical (unpaired) electrons. The predicted octanol–water partition coefficient (Wildman–Crippen LogP) is 3.17. The van der Waals surface area contributed by atoms with Crippen LogP contribution in [-0.4, -0.2) is 15.2 Å². The lowest BCUT2D eigenvalue weighted by Crippen LogP contribution is -1.98. The van der Waals surface area contributed by atoms with Crippen molar-refractivity contribution < 1.29 is 9.63 Å². The van der Waals surface area contributed by atoms with Crippen LogP contribution in [0.1, 0.15) is 31.6 Å². The minimum atomic E-state index is 0.217. The van der Waals surface area contributed by atoms with E-state index in [1.165, 1.54) is 25.7 Å². The van der Waals surface area contributed by atoms with Crippen LogP contribution in [-0.2, 0) is 6.42 Å². The molecule has 1 saturated carbocycles. The lowest BCUT2D eigenvalue weighted by atomic mass is 10.0. The largest absolute Gasteiger partial charge is 0.508 e. The number of benzene rings is 1. The van der Waals surface area contributed by atoms with E-state index >= 15 is 0 Å². The maximum atomic E-state index is 9.42. The van der Waals surface area contributed by atoms with Gasteiger partial charge in [0.05, 0.1) is 0 Å². The molecule has 1 fully saturated rings. The monoisotopic (exact) mass is 244 g/mol. The number of hydrogen-bond acceptors (Lipinski definition) is 4. The summed E-state index contributed by atoms with van der Waals surface area (Å²) < 4.78 is 5.28. The normalized spacial score (nSPS) is 16.2. The molecular weight excluding hydrogens is 228 g/mol. The van der Waals surface area contributed by atoms with E-state index in [0.29, 0.717) is 17.6 Å². The molecule has 4 nitrogen and oxygen atoms in total. The number of aromatic hydroxyl groups is 1. The molecule has 0 spiro atoms. The molecule has 1 aromatic carbocycles. The zero-order valence-electron chi connectivity index (χ0n) is 10.2. The Kier molecular flexibility index (Phi) is 3.00. The number of nitrogens with zero attached hydrogens (tertiary/aromatic N) is 2. The first kappa shape index (κ1) is 11.3. The van der Waals surface area contributed by atoms with Crippen LogP contribution >= 0.6 is 0 Å². The zero-order chi connectivity index (χ0) is 12.4. The summed E-state index contributed by atoms with van der Waals surface area (Å²) in [5.74, 6) is 2.18. The van der Waals surface area contributed by atoms with Crippen LogP contribution in [0, 0.1) is 5.92 Å². The van der Waals surface area contributed by atoms with Gasteiger partial charge in [-0.05, 0) is 30.9 Å². The van der Waals surface area contributed by atoms with Crippen molar-refractivity contribution in [3.8, 4) is 17.1 Å². The van der Waals surface area contributed by atoms with Crippen LogP contribution in [0.15, 0.2) is 28.8 Å². The first-order valence-electron chi connectivity index (χ1n) is 6.43. The Morgan fingerprint density at radius 1 is 1.28 bits per heavy atom. The molecule has 0 unspecified atom stereocenters. The Hall–Kier alpha value is -1.84. The van der Waals surface area contributed by atoms with Gasteiger partial charge in [0.15, 0.2) is 0 Å². The van der Waals surface area contributed by atoms with Gasteiger partial charge in [-0.25, -0.2) is 0 Å². The fraction of sp³-hybridized carbons (Fsp3) is 0.429. The maximum Gasteiger partial charge on any atom is 0.227 e. The maximum absolute atomic E-state index is 9.42. The predicted molar refractivity (Wildman–Crippen MR) is 67.1 cm³/mol. The second kappa shape index (κ2) is 4.80. The van der Waals surface area contributed by atoms with Gasteiger partial charge in [-0.3, -0.25) is 0 Å². The van der Waals surface area contributed by atoms with Gasteiger partial charge in [0.2, 0.25) is 11.7 Å². The standard InChI is InChI=1S/C14H16N2O2/c17-12-7-3-6-11(9-12)14-15-13(18-16-14)8-10-4-1-2-5-10/h3,6-7,9-10,17H,1-2,4-5,8H2. The Balaban J connectivity index is 1.76. The third-order valence-corrected chi connectivity index (χ3v) is 3.51. The fourth-order valence-corrected chi connectivity index (χ4v) is 2.56. The van der Waals surface area contributed by atoms with Crippen molar-refractivity contribution in [2.45, 2.75) is 32.1 Å². The lowest BCUT2D eigenvalue weighted by Gasteiger charge is -2.02. The smallest absolute Gasteiger partial charge is 0.227 e. The summed E-state index contributed by atoms with van der Waals surface area (Å²) in [5.41, 5.74) is 0.788. The number of phenols is 1. The second-order valence-electron chi connectivity index (χ2n) is 4.92. The van der Waals surface area contributed by atoms with Gasteiger partial charge in [-0.1, -0.05) is 30.1 Å². The minimum Gasteiger partial charge on any atom is -0.508 e. The first-order chi connectivity index (χ1) is 8.81. The van der Waals surface area contributed by atoms with Gasteiger partial charge in [0, 0.05) is 12.0 Å². The van der Waals surface area contributed by atoms with Gasteiger partial charge in [-0.15, -0.1) is 0 Å². The van der Waals surface area contributed by atoms with Crippen LogP contribution in [0.2, 0.25) is 0 Å². The highest BCUT2D eigenvalue weighted by molar-refractivity contribution is 5.56. The highest BCUT2D eigenvalue weighted by Gasteiger charge is 2.19. The van der Waals surface area contributed by atoms with Gasteiger partial charge in [0.1, 0.15) is 5.75 Å². The van der Waals surface area contributed by atoms with Crippen LogP contribution in [0.4, 0.5) is 0 Å². The molecule has 0 amide bonds. The van der Waals surface area contributed by atoms with E-state index in [9.17, 15) is 5.11 Å². The van der Waals surface area contributed by atoms with Crippen molar-refractivity contribution in [1.29, 1.82) is 0 Å². The molecule has 2 aromatic rings. The van der Waals surface area contributed by atoms with Crippen molar-refractivity contribution in [3.05, 3.63) is 30.2 Å². The molecule has 1 aliphatic rings. The summed E-state index contributed by atoms with van der Waals surface area (Å²) in [7, 11) is 0. The molecule has 1 aromatic heterocycles. The second-order valence-corrected chi connectivity index (χ2v) is 4.92. The third-order valence-electron chi connectivity index (χ3n) is 3.51. The van der Waals surface area contributed by atoms with E-state index in [2.05, 4.69) is 10.1 Å². The Morgan fingerprint density at radius 2 is 2.11 bits per heavy atom. The molecule has 1 N–H and O–H groups in total. The van der Waals surface area contributed by atoms with E-state index in [0.717, 1.165) is 12.0 Å². The zero-order valence-corrected chi connectivity index (χ0v) is 10.2. The molecule has 18 heavy (non-hydrogen) atoms. The third kappa shape index (κ3) is 2.37. The fourth-order valence-electron chi connectivity index (χ4n) is 2.56. The highest BCUT2D eigenvalue weighted by Crippen LogP contribution is 2.28. The summed E-state index contributed by atoms with van der Waals surface area (Å²) >= 11 is 0. The van der Waals surface area contributed by atoms with Crippen molar-refractivity contribution in [1.82, 2.24) is 10.1 Å². The molecule has 4 heteroatoms. The van der Waals surface area contributed by atoms with Crippen LogP contribution in [0.25, 0.3) is 11.4 Å². The first-order valence-corrected chi connectivity index (χ1v) is 6.43. The summed E-state index contributed by atoms with van der Waals surface area (Å²) in [6.45, 7) is 0. The summed E-state index contributed by atoms with van der Waals surface area (Å²) in [4.78, 5) is 4.40. The summed E-state index contributed by atoms with van der Waals surface area (Å²) in [5, 5.41) is 13.4. The minimum absolute atomic E-state index is 0.217. The number of hydrogen-bond donors (Lipinski definition) is 1. The summed E-state index contributed by atoms with van der Waals surface area (Å²) in [6, 6.07) is 6.91. The van der Waals surface area contributed by atoms with Crippen molar-refractivity contribution in [2.75, 3.05) is 0 Å². The van der Waals surface area contributed by atoms with Crippen molar-refractivity contribution in [3.63, 3.8) is 0 Å². The van der Waals surface area contributed by atoms with Gasteiger partial charge in [-0.2, -0.15) is 4.98 Å². The summed E-state index contributed by atoms with van der Waals surface area (Å²) in [6.07, 6.45) is 6.05. The topological polar surface area (TPSA) is 59.2 Å². The molecule has 0 aliphatic heterocycles. The molecular formula is C14H16N2O2. The molecule has 1 aliphatic carbocycles. The molecule has 0 atom stereocenters. The number of rotatable bonds is 3. The van der Waals surface area contributed by atoms with Crippen LogP contribution in [0.5, 0.6) is 5.75 Å². The van der Waals surface area contributed by atoms with Crippen molar-refractivity contribution in [2.24, 2.45) is 5.92 Å². The quantitative estimate of drug-likeness (QED) is 0.900. The molecule has 1 heterocycles. The van der Waals surface area contributed by atoms with Crippen LogP contribution < -0.4 is 0 Å². The van der Waals surface area contributed by atoms with E-state index in [-0.39, 0.29) is 5.75 Å². The average molecular weight is 244 g/mol. The van der Waals surface area contributed by atoms with E-state index in [4.69, 9.17) is 4.52 Å². The van der Waals surface area contributed by atoms with Crippen molar-refractivity contribution >= 4 is 0 Å². The van der Waals surface area contributed by atoms with Gasteiger partial charge >= 0.3 is 0 Å². The van der Waals surface area contributed by atoms with E-state index in [1.54, 1.807) is 18.2 Å². The van der Waals surface area contributed by atoms with Gasteiger partial charge < -0.3 is 9.63 Å². The SMILES string of the molecule is Oc1cccc(-c2noc(CC3CCCC3)n2)c1. The Morgan fingerprint density at radius 3 is 2.89 bits per heavy atom. The molecule has 0 bridgehead atoms. The Labute approximate surface area is 106 Å². The molecule has 3 rings (SSSR count). The molecule has 94 valence electrons. The average Bonchev–Trinajstić information content (AvgIpc) is 3.01. The Bertz CT molecular complexity index is 530.